The second kappa shape index (κ2) is 9.03. The van der Waals surface area contributed by atoms with Gasteiger partial charge in [-0.05, 0) is 80.1 Å². The van der Waals surface area contributed by atoms with Crippen LogP contribution in [-0.4, -0.2) is 70.1 Å². The summed E-state index contributed by atoms with van der Waals surface area (Å²) in [6, 6.07) is 0.586. The predicted octanol–water partition coefficient (Wildman–Crippen LogP) is 4.65. The van der Waals surface area contributed by atoms with Crippen LogP contribution in [0.3, 0.4) is 0 Å². The first-order chi connectivity index (χ1) is 14.6. The first kappa shape index (κ1) is 23.1. The van der Waals surface area contributed by atoms with E-state index in [2.05, 4.69) is 68.4 Å². The molecule has 0 radical (unpaired) electrons. The molecule has 176 valence electrons. The maximum absolute atomic E-state index is 6.36. The lowest BCUT2D eigenvalue weighted by molar-refractivity contribution is -0.164. The molecule has 0 N–H and O–H groups in total. The number of rotatable bonds is 5. The Morgan fingerprint density at radius 3 is 2.06 bits per heavy atom. The van der Waals surface area contributed by atoms with Crippen molar-refractivity contribution in [3.05, 3.63) is 12.5 Å². The van der Waals surface area contributed by atoms with Gasteiger partial charge in [0.05, 0.1) is 30.2 Å². The molecule has 0 spiro atoms. The molecule has 1 aliphatic carbocycles. The Kier molecular flexibility index (Phi) is 6.72. The number of anilines is 1. The van der Waals surface area contributed by atoms with Crippen molar-refractivity contribution >= 4 is 5.82 Å². The van der Waals surface area contributed by atoms with Gasteiger partial charge in [-0.1, -0.05) is 0 Å². The average molecular weight is 433 g/mol. The second-order valence-electron chi connectivity index (χ2n) is 11.8. The van der Waals surface area contributed by atoms with Crippen molar-refractivity contribution in [1.82, 2.24) is 14.5 Å². The summed E-state index contributed by atoms with van der Waals surface area (Å²) in [5, 5.41) is 0. The number of hydrogen-bond acceptors (Lipinski definition) is 5. The van der Waals surface area contributed by atoms with Gasteiger partial charge in [-0.2, -0.15) is 0 Å². The first-order valence-corrected chi connectivity index (χ1v) is 12.4. The molecule has 0 amide bonds. The van der Waals surface area contributed by atoms with Crippen molar-refractivity contribution in [2.24, 2.45) is 0 Å². The second-order valence-corrected chi connectivity index (χ2v) is 11.8. The summed E-state index contributed by atoms with van der Waals surface area (Å²) in [5.74, 6) is 1.14. The minimum atomic E-state index is -0.0476. The minimum absolute atomic E-state index is 0.0476. The third-order valence-corrected chi connectivity index (χ3v) is 7.15. The van der Waals surface area contributed by atoms with Crippen LogP contribution in [0.5, 0.6) is 0 Å². The Bertz CT molecular complexity index is 698. The molecule has 0 unspecified atom stereocenters. The Morgan fingerprint density at radius 2 is 1.48 bits per heavy atom. The molecule has 0 atom stereocenters. The molecular weight excluding hydrogens is 388 g/mol. The Labute approximate surface area is 189 Å². The molecule has 31 heavy (non-hydrogen) atoms. The highest BCUT2D eigenvalue weighted by atomic mass is 16.5. The van der Waals surface area contributed by atoms with Gasteiger partial charge in [0.2, 0.25) is 0 Å². The average Bonchev–Trinajstić information content (AvgIpc) is 3.15. The fourth-order valence-electron chi connectivity index (χ4n) is 5.24. The van der Waals surface area contributed by atoms with E-state index in [1.807, 2.05) is 0 Å². The molecule has 2 saturated heterocycles. The number of hydrogen-bond donors (Lipinski definition) is 0. The van der Waals surface area contributed by atoms with Crippen molar-refractivity contribution in [2.45, 2.75) is 116 Å². The summed E-state index contributed by atoms with van der Waals surface area (Å²) < 4.78 is 14.8. The molecular formula is C25H44N4O2. The number of nitrogens with zero attached hydrogens (tertiary/aromatic N) is 4. The van der Waals surface area contributed by atoms with E-state index in [1.54, 1.807) is 0 Å². The Morgan fingerprint density at radius 1 is 0.839 bits per heavy atom. The maximum atomic E-state index is 6.36. The normalized spacial score (nSPS) is 27.5. The summed E-state index contributed by atoms with van der Waals surface area (Å²) in [7, 11) is 0. The van der Waals surface area contributed by atoms with Gasteiger partial charge in [0.15, 0.2) is 0 Å². The molecule has 1 aromatic rings. The monoisotopic (exact) mass is 432 g/mol. The lowest BCUT2D eigenvalue weighted by Gasteiger charge is -2.42. The summed E-state index contributed by atoms with van der Waals surface area (Å²) >= 11 is 0. The highest BCUT2D eigenvalue weighted by Crippen LogP contribution is 2.33. The molecule has 3 fully saturated rings. The summed E-state index contributed by atoms with van der Waals surface area (Å²) in [6.07, 6.45) is 12.2. The number of imidazole rings is 1. The van der Waals surface area contributed by atoms with Crippen LogP contribution in [-0.2, 0) is 9.47 Å². The number of piperidine rings is 2. The van der Waals surface area contributed by atoms with E-state index in [0.717, 1.165) is 44.6 Å². The van der Waals surface area contributed by atoms with Gasteiger partial charge < -0.3 is 18.9 Å². The van der Waals surface area contributed by atoms with E-state index in [9.17, 15) is 0 Å². The standard InChI is InChI=1S/C25H44N4O2/c1-24(2,3)29-13-7-19(8-14-29)28-17-23(26-18-28)27-11-9-20(10-12-27)30-21-15-22(16-21)31-25(4,5)6/h17-22H,7-16H2,1-6H3. The molecule has 6 heteroatoms. The lowest BCUT2D eigenvalue weighted by Crippen LogP contribution is -2.46. The topological polar surface area (TPSA) is 42.8 Å². The van der Waals surface area contributed by atoms with Crippen LogP contribution in [0.1, 0.15) is 86.1 Å². The van der Waals surface area contributed by atoms with Crippen molar-refractivity contribution < 1.29 is 9.47 Å². The van der Waals surface area contributed by atoms with E-state index >= 15 is 0 Å². The Balaban J connectivity index is 1.19. The van der Waals surface area contributed by atoms with Crippen LogP contribution in [0.2, 0.25) is 0 Å². The van der Waals surface area contributed by atoms with E-state index in [4.69, 9.17) is 14.5 Å². The van der Waals surface area contributed by atoms with Crippen LogP contribution >= 0.6 is 0 Å². The smallest absolute Gasteiger partial charge is 0.146 e. The molecule has 0 bridgehead atoms. The van der Waals surface area contributed by atoms with Crippen LogP contribution < -0.4 is 4.90 Å². The van der Waals surface area contributed by atoms with Gasteiger partial charge in [0.25, 0.3) is 0 Å². The van der Waals surface area contributed by atoms with Crippen molar-refractivity contribution in [3.8, 4) is 0 Å². The number of aromatic nitrogens is 2. The third-order valence-electron chi connectivity index (χ3n) is 7.15. The van der Waals surface area contributed by atoms with Gasteiger partial charge in [-0.25, -0.2) is 4.98 Å². The largest absolute Gasteiger partial charge is 0.375 e. The van der Waals surface area contributed by atoms with E-state index < -0.39 is 0 Å². The molecule has 6 nitrogen and oxygen atoms in total. The van der Waals surface area contributed by atoms with Gasteiger partial charge >= 0.3 is 0 Å². The first-order valence-electron chi connectivity index (χ1n) is 12.4. The maximum Gasteiger partial charge on any atom is 0.146 e. The molecule has 3 aliphatic rings. The van der Waals surface area contributed by atoms with Crippen molar-refractivity contribution in [1.29, 1.82) is 0 Å². The molecule has 4 rings (SSSR count). The summed E-state index contributed by atoms with van der Waals surface area (Å²) in [4.78, 5) is 9.80. The van der Waals surface area contributed by atoms with Gasteiger partial charge in [0, 0.05) is 44.0 Å². The van der Waals surface area contributed by atoms with Crippen molar-refractivity contribution in [2.75, 3.05) is 31.1 Å². The third kappa shape index (κ3) is 6.02. The van der Waals surface area contributed by atoms with E-state index in [0.29, 0.717) is 24.4 Å². The quantitative estimate of drug-likeness (QED) is 0.677. The van der Waals surface area contributed by atoms with E-state index in [-0.39, 0.29) is 11.1 Å². The highest BCUT2D eigenvalue weighted by Gasteiger charge is 2.36. The van der Waals surface area contributed by atoms with Gasteiger partial charge in [-0.15, -0.1) is 0 Å². The molecule has 0 aromatic carbocycles. The summed E-state index contributed by atoms with van der Waals surface area (Å²) in [6.45, 7) is 17.8. The van der Waals surface area contributed by atoms with Crippen LogP contribution in [0.25, 0.3) is 0 Å². The number of likely N-dealkylation sites (tertiary alicyclic amines) is 1. The Hall–Kier alpha value is -1.11. The molecule has 1 saturated carbocycles. The zero-order valence-corrected chi connectivity index (χ0v) is 20.6. The van der Waals surface area contributed by atoms with Crippen LogP contribution in [0.15, 0.2) is 12.5 Å². The zero-order chi connectivity index (χ0) is 22.2. The molecule has 2 aliphatic heterocycles. The highest BCUT2D eigenvalue weighted by molar-refractivity contribution is 5.36. The lowest BCUT2D eigenvalue weighted by atomic mass is 9.90. The van der Waals surface area contributed by atoms with E-state index in [1.165, 1.54) is 25.9 Å². The van der Waals surface area contributed by atoms with Crippen LogP contribution in [0, 0.1) is 0 Å². The summed E-state index contributed by atoms with van der Waals surface area (Å²) in [5.41, 5.74) is 0.228. The minimum Gasteiger partial charge on any atom is -0.375 e. The number of ether oxygens (including phenoxy) is 2. The molecule has 1 aromatic heterocycles. The van der Waals surface area contributed by atoms with Crippen molar-refractivity contribution in [3.63, 3.8) is 0 Å². The van der Waals surface area contributed by atoms with Gasteiger partial charge in [-0.3, -0.25) is 4.90 Å². The SMILES string of the molecule is CC(C)(C)OC1CC(OC2CCN(c3cn(C4CCN(C(C)(C)C)CC4)cn3)CC2)C1. The van der Waals surface area contributed by atoms with Gasteiger partial charge in [0.1, 0.15) is 5.82 Å². The molecule has 3 heterocycles. The zero-order valence-electron chi connectivity index (χ0n) is 20.6. The van der Waals surface area contributed by atoms with Crippen LogP contribution in [0.4, 0.5) is 5.82 Å². The fraction of sp³-hybridized carbons (Fsp3) is 0.880. The predicted molar refractivity (Wildman–Crippen MR) is 126 cm³/mol. The fourth-order valence-corrected chi connectivity index (χ4v) is 5.24.